The van der Waals surface area contributed by atoms with Gasteiger partial charge in [0, 0.05) is 52.2 Å². The van der Waals surface area contributed by atoms with Gasteiger partial charge in [0.2, 0.25) is 0 Å². The third kappa shape index (κ3) is 5.46. The molecule has 0 amide bonds. The van der Waals surface area contributed by atoms with Crippen molar-refractivity contribution in [3.05, 3.63) is 28.6 Å². The number of hydrogen-bond donors (Lipinski definition) is 1. The van der Waals surface area contributed by atoms with Gasteiger partial charge in [0.05, 0.1) is 17.2 Å². The number of piperazine rings is 1. The van der Waals surface area contributed by atoms with E-state index < -0.39 is 0 Å². The smallest absolute Gasteiger partial charge is 0.194 e. The molecule has 3 rings (SSSR count). The summed E-state index contributed by atoms with van der Waals surface area (Å²) in [6, 6.07) is 4.32. The molecule has 144 valence electrons. The number of aromatic nitrogens is 1. The molecule has 0 saturated carbocycles. The van der Waals surface area contributed by atoms with Gasteiger partial charge in [0.1, 0.15) is 0 Å². The summed E-state index contributed by atoms with van der Waals surface area (Å²) in [4.78, 5) is 16.3. The number of thiazole rings is 1. The van der Waals surface area contributed by atoms with Crippen LogP contribution in [0.2, 0.25) is 0 Å². The molecule has 6 nitrogen and oxygen atoms in total. The summed E-state index contributed by atoms with van der Waals surface area (Å²) < 4.78 is 0. The van der Waals surface area contributed by atoms with E-state index in [2.05, 4.69) is 49.9 Å². The van der Waals surface area contributed by atoms with Crippen LogP contribution in [0.3, 0.4) is 0 Å². The molecule has 2 aromatic rings. The topological polar surface area (TPSA) is 47.0 Å². The molecule has 26 heavy (non-hydrogen) atoms. The lowest BCUT2D eigenvalue weighted by atomic mass is 10.3. The Morgan fingerprint density at radius 2 is 2.04 bits per heavy atom. The van der Waals surface area contributed by atoms with Crippen LogP contribution in [0.5, 0.6) is 0 Å². The minimum absolute atomic E-state index is 0. The highest BCUT2D eigenvalue weighted by atomic mass is 127. The van der Waals surface area contributed by atoms with Crippen LogP contribution < -0.4 is 15.1 Å². The van der Waals surface area contributed by atoms with Crippen LogP contribution in [-0.4, -0.2) is 62.7 Å². The van der Waals surface area contributed by atoms with Crippen molar-refractivity contribution in [2.75, 3.05) is 56.6 Å². The van der Waals surface area contributed by atoms with Gasteiger partial charge in [-0.15, -0.1) is 46.7 Å². The first-order valence-corrected chi connectivity index (χ1v) is 10.4. The zero-order valence-corrected chi connectivity index (χ0v) is 19.5. The van der Waals surface area contributed by atoms with Crippen molar-refractivity contribution in [1.29, 1.82) is 0 Å². The Morgan fingerprint density at radius 1 is 1.27 bits per heavy atom. The fourth-order valence-corrected chi connectivity index (χ4v) is 4.28. The van der Waals surface area contributed by atoms with E-state index in [4.69, 9.17) is 4.99 Å². The third-order valence-electron chi connectivity index (χ3n) is 4.04. The summed E-state index contributed by atoms with van der Waals surface area (Å²) >= 11 is 3.47. The molecule has 0 spiro atoms. The lowest BCUT2D eigenvalue weighted by Gasteiger charge is -2.37. The predicted octanol–water partition coefficient (Wildman–Crippen LogP) is 3.18. The highest BCUT2D eigenvalue weighted by Gasteiger charge is 2.20. The van der Waals surface area contributed by atoms with Crippen LogP contribution in [0.15, 0.2) is 27.9 Å². The van der Waals surface area contributed by atoms with E-state index in [-0.39, 0.29) is 24.0 Å². The number of hydrogen-bond acceptors (Lipinski definition) is 6. The van der Waals surface area contributed by atoms with Crippen molar-refractivity contribution in [2.24, 2.45) is 4.99 Å². The summed E-state index contributed by atoms with van der Waals surface area (Å²) in [5.74, 6) is 0.993. The maximum atomic E-state index is 4.81. The van der Waals surface area contributed by atoms with E-state index in [0.29, 0.717) is 6.54 Å². The van der Waals surface area contributed by atoms with Gasteiger partial charge in [-0.3, -0.25) is 0 Å². The number of thiophene rings is 1. The molecule has 0 aliphatic carbocycles. The SMILES string of the molecule is CCNC(=NCc1csc(N(C)C)n1)N1CCN(c2cccs2)CC1.I. The first-order valence-electron chi connectivity index (χ1n) is 8.61. The average molecular weight is 506 g/mol. The van der Waals surface area contributed by atoms with Gasteiger partial charge in [-0.05, 0) is 24.4 Å². The Labute approximate surface area is 181 Å². The number of aliphatic imine (C=N–C) groups is 1. The maximum absolute atomic E-state index is 4.81. The van der Waals surface area contributed by atoms with E-state index in [0.717, 1.165) is 49.5 Å². The first-order chi connectivity index (χ1) is 12.2. The number of guanidine groups is 1. The molecule has 0 radical (unpaired) electrons. The summed E-state index contributed by atoms with van der Waals surface area (Å²) in [6.45, 7) is 7.67. The second kappa shape index (κ2) is 10.3. The van der Waals surface area contributed by atoms with Crippen molar-refractivity contribution < 1.29 is 0 Å². The summed E-state index contributed by atoms with van der Waals surface area (Å²) in [5.41, 5.74) is 1.03. The Bertz CT molecular complexity index is 677. The van der Waals surface area contributed by atoms with E-state index in [1.54, 1.807) is 11.3 Å². The highest BCUT2D eigenvalue weighted by molar-refractivity contribution is 14.0. The number of rotatable bonds is 5. The zero-order valence-electron chi connectivity index (χ0n) is 15.5. The van der Waals surface area contributed by atoms with Crippen molar-refractivity contribution in [2.45, 2.75) is 13.5 Å². The van der Waals surface area contributed by atoms with Gasteiger partial charge >= 0.3 is 0 Å². The van der Waals surface area contributed by atoms with Crippen LogP contribution in [-0.2, 0) is 6.54 Å². The molecule has 2 aromatic heterocycles. The van der Waals surface area contributed by atoms with Crippen molar-refractivity contribution in [3.63, 3.8) is 0 Å². The molecular formula is C17H27IN6S2. The molecule has 1 saturated heterocycles. The number of anilines is 2. The maximum Gasteiger partial charge on any atom is 0.194 e. The fraction of sp³-hybridized carbons (Fsp3) is 0.529. The molecule has 1 N–H and O–H groups in total. The largest absolute Gasteiger partial charge is 0.360 e. The standard InChI is InChI=1S/C17H26N6S2.HI/c1-4-18-16(19-12-14-13-25-17(20-14)21(2)3)23-9-7-22(8-10-23)15-6-5-11-24-15;/h5-6,11,13H,4,7-10,12H2,1-3H3,(H,18,19);1H. The second-order valence-electron chi connectivity index (χ2n) is 6.11. The Morgan fingerprint density at radius 3 is 2.62 bits per heavy atom. The van der Waals surface area contributed by atoms with E-state index in [9.17, 15) is 0 Å². The fourth-order valence-electron chi connectivity index (χ4n) is 2.74. The van der Waals surface area contributed by atoms with Gasteiger partial charge in [0.15, 0.2) is 11.1 Å². The van der Waals surface area contributed by atoms with Gasteiger partial charge in [-0.1, -0.05) is 0 Å². The molecule has 1 aliphatic rings. The summed E-state index contributed by atoms with van der Waals surface area (Å²) in [7, 11) is 4.03. The van der Waals surface area contributed by atoms with Crippen LogP contribution in [0.4, 0.5) is 10.1 Å². The molecule has 3 heterocycles. The molecule has 0 atom stereocenters. The van der Waals surface area contributed by atoms with Crippen molar-refractivity contribution >= 4 is 62.7 Å². The van der Waals surface area contributed by atoms with Crippen LogP contribution in [0, 0.1) is 0 Å². The minimum Gasteiger partial charge on any atom is -0.360 e. The van der Waals surface area contributed by atoms with E-state index >= 15 is 0 Å². The van der Waals surface area contributed by atoms with Crippen molar-refractivity contribution in [3.8, 4) is 0 Å². The van der Waals surface area contributed by atoms with Crippen LogP contribution in [0.25, 0.3) is 0 Å². The normalized spacial score (nSPS) is 15.0. The molecule has 0 unspecified atom stereocenters. The van der Waals surface area contributed by atoms with E-state index in [1.165, 1.54) is 5.00 Å². The quantitative estimate of drug-likeness (QED) is 0.384. The Kier molecular flexibility index (Phi) is 8.42. The average Bonchev–Trinajstić information content (AvgIpc) is 3.30. The molecular weight excluding hydrogens is 479 g/mol. The van der Waals surface area contributed by atoms with Crippen LogP contribution >= 0.6 is 46.7 Å². The van der Waals surface area contributed by atoms with E-state index in [1.807, 2.05) is 30.3 Å². The monoisotopic (exact) mass is 506 g/mol. The lowest BCUT2D eigenvalue weighted by molar-refractivity contribution is 0.373. The summed E-state index contributed by atoms with van der Waals surface area (Å²) in [5, 5.41) is 10.1. The summed E-state index contributed by atoms with van der Waals surface area (Å²) in [6.07, 6.45) is 0. The second-order valence-corrected chi connectivity index (χ2v) is 7.87. The third-order valence-corrected chi connectivity index (χ3v) is 6.03. The Balaban J connectivity index is 0.00000243. The first kappa shape index (κ1) is 21.2. The number of nitrogens with one attached hydrogen (secondary N) is 1. The minimum atomic E-state index is 0. The highest BCUT2D eigenvalue weighted by Crippen LogP contribution is 2.22. The zero-order chi connectivity index (χ0) is 17.6. The molecule has 0 bridgehead atoms. The number of nitrogens with zero attached hydrogens (tertiary/aromatic N) is 5. The van der Waals surface area contributed by atoms with Gasteiger partial charge < -0.3 is 20.0 Å². The molecule has 1 aliphatic heterocycles. The van der Waals surface area contributed by atoms with Gasteiger partial charge in [0.25, 0.3) is 0 Å². The lowest BCUT2D eigenvalue weighted by Crippen LogP contribution is -2.52. The van der Waals surface area contributed by atoms with Gasteiger partial charge in [-0.25, -0.2) is 9.98 Å². The predicted molar refractivity (Wildman–Crippen MR) is 125 cm³/mol. The number of halogens is 1. The van der Waals surface area contributed by atoms with Gasteiger partial charge in [-0.2, -0.15) is 0 Å². The molecule has 9 heteroatoms. The van der Waals surface area contributed by atoms with Crippen LogP contribution in [0.1, 0.15) is 12.6 Å². The van der Waals surface area contributed by atoms with Crippen molar-refractivity contribution in [1.82, 2.24) is 15.2 Å². The molecule has 1 fully saturated rings. The molecule has 0 aromatic carbocycles. The Hall–Kier alpha value is -1.07.